The van der Waals surface area contributed by atoms with Gasteiger partial charge in [0.05, 0.1) is 13.2 Å². The first kappa shape index (κ1) is 19.8. The first-order valence-corrected chi connectivity index (χ1v) is 7.12. The number of aliphatic hydroxyl groups is 10. The molecule has 0 aromatic rings. The highest BCUT2D eigenvalue weighted by atomic mass is 16.7. The minimum atomic E-state index is -2.99. The fourth-order valence-electron chi connectivity index (χ4n) is 3.24. The molecule has 2 heterocycles. The quantitative estimate of drug-likeness (QED) is 0.227. The minimum Gasteiger partial charge on any atom is -0.394 e. The Morgan fingerprint density at radius 2 is 1.33 bits per heavy atom. The van der Waals surface area contributed by atoms with Crippen molar-refractivity contribution in [2.45, 2.75) is 60.4 Å². The largest absolute Gasteiger partial charge is 0.394 e. The summed E-state index contributed by atoms with van der Waals surface area (Å²) in [5.74, 6) is 0. The molecule has 0 aliphatic carbocycles. The topological polar surface area (TPSA) is 221 Å². The molecule has 0 spiro atoms. The second kappa shape index (κ2) is 6.68. The van der Waals surface area contributed by atoms with Gasteiger partial charge >= 0.3 is 0 Å². The number of hydrogen-bond donors (Lipinski definition) is 10. The summed E-state index contributed by atoms with van der Waals surface area (Å²) < 4.78 is 9.68. The standard InChI is InChI=1S/C12H22O12/c13-1-3-12(22,8(19)6(17)9(20)23-3)11(2-14)7(18)4(15)5(16)10(21)24-11/h3-10,13-22H,1-2H2/t3-,4-,5-,6-,7+,8-,9+,10+,11-,12+/m1/s1. The Kier molecular flexibility index (Phi) is 5.52. The van der Waals surface area contributed by atoms with Gasteiger partial charge in [-0.15, -0.1) is 0 Å². The monoisotopic (exact) mass is 358 g/mol. The fraction of sp³-hybridized carbons (Fsp3) is 1.00. The molecule has 12 heteroatoms. The maximum absolute atomic E-state index is 10.9. The number of ether oxygens (including phenoxy) is 2. The molecule has 2 aliphatic heterocycles. The highest BCUT2D eigenvalue weighted by Gasteiger charge is 2.72. The van der Waals surface area contributed by atoms with Crippen molar-refractivity contribution in [3.63, 3.8) is 0 Å². The van der Waals surface area contributed by atoms with Crippen LogP contribution < -0.4 is 0 Å². The molecule has 12 nitrogen and oxygen atoms in total. The van der Waals surface area contributed by atoms with Crippen LogP contribution in [0, 0.1) is 0 Å². The van der Waals surface area contributed by atoms with Gasteiger partial charge in [0.2, 0.25) is 0 Å². The smallest absolute Gasteiger partial charge is 0.184 e. The number of hydrogen-bond acceptors (Lipinski definition) is 12. The molecule has 2 rings (SSSR count). The molecule has 142 valence electrons. The highest BCUT2D eigenvalue weighted by Crippen LogP contribution is 2.45. The molecule has 2 aliphatic rings. The summed E-state index contributed by atoms with van der Waals surface area (Å²) in [4.78, 5) is 0. The van der Waals surface area contributed by atoms with Crippen LogP contribution in [0.2, 0.25) is 0 Å². The summed E-state index contributed by atoms with van der Waals surface area (Å²) in [6.07, 6.45) is -17.0. The summed E-state index contributed by atoms with van der Waals surface area (Å²) in [6.45, 7) is -2.39. The normalized spacial score (nSPS) is 56.2. The molecule has 0 bridgehead atoms. The van der Waals surface area contributed by atoms with E-state index in [1.54, 1.807) is 0 Å². The van der Waals surface area contributed by atoms with Crippen molar-refractivity contribution in [3.8, 4) is 0 Å². The molecule has 10 atom stereocenters. The second-order valence-corrected chi connectivity index (χ2v) is 5.94. The Balaban J connectivity index is 2.56. The average molecular weight is 358 g/mol. The van der Waals surface area contributed by atoms with E-state index in [0.717, 1.165) is 0 Å². The second-order valence-electron chi connectivity index (χ2n) is 5.94. The van der Waals surface area contributed by atoms with E-state index in [1.807, 2.05) is 0 Å². The summed E-state index contributed by atoms with van der Waals surface area (Å²) in [7, 11) is 0. The lowest BCUT2D eigenvalue weighted by Crippen LogP contribution is -2.84. The third kappa shape index (κ3) is 2.47. The summed E-state index contributed by atoms with van der Waals surface area (Å²) in [5, 5.41) is 98.7. The van der Waals surface area contributed by atoms with E-state index < -0.39 is 73.6 Å². The zero-order valence-electron chi connectivity index (χ0n) is 12.3. The van der Waals surface area contributed by atoms with E-state index in [1.165, 1.54) is 0 Å². The van der Waals surface area contributed by atoms with E-state index in [9.17, 15) is 51.1 Å². The van der Waals surface area contributed by atoms with Gasteiger partial charge in [-0.3, -0.25) is 0 Å². The molecule has 0 aromatic carbocycles. The molecular formula is C12H22O12. The molecule has 2 saturated heterocycles. The number of rotatable bonds is 3. The molecule has 0 radical (unpaired) electrons. The van der Waals surface area contributed by atoms with Crippen molar-refractivity contribution >= 4 is 0 Å². The van der Waals surface area contributed by atoms with Crippen molar-refractivity contribution < 1.29 is 60.5 Å². The molecule has 10 N–H and O–H groups in total. The predicted molar refractivity (Wildman–Crippen MR) is 69.9 cm³/mol. The van der Waals surface area contributed by atoms with Gasteiger partial charge in [0.1, 0.15) is 36.6 Å². The van der Waals surface area contributed by atoms with Gasteiger partial charge in [0.15, 0.2) is 23.8 Å². The zero-order valence-corrected chi connectivity index (χ0v) is 12.3. The number of aliphatic hydroxyl groups excluding tert-OH is 9. The van der Waals surface area contributed by atoms with Crippen LogP contribution in [-0.4, -0.2) is 125 Å². The molecule has 0 aromatic heterocycles. The Labute approximate surface area is 135 Å². The van der Waals surface area contributed by atoms with Crippen molar-refractivity contribution in [2.24, 2.45) is 0 Å². The summed E-state index contributed by atoms with van der Waals surface area (Å²) >= 11 is 0. The van der Waals surface area contributed by atoms with E-state index >= 15 is 0 Å². The first-order chi connectivity index (χ1) is 11.1. The minimum absolute atomic E-state index is 1.07. The van der Waals surface area contributed by atoms with Crippen LogP contribution in [0.5, 0.6) is 0 Å². The van der Waals surface area contributed by atoms with Gasteiger partial charge in [-0.2, -0.15) is 0 Å². The Hall–Kier alpha value is -0.480. The van der Waals surface area contributed by atoms with E-state index in [0.29, 0.717) is 0 Å². The third-order valence-electron chi connectivity index (χ3n) is 4.71. The van der Waals surface area contributed by atoms with Crippen molar-refractivity contribution in [1.29, 1.82) is 0 Å². The Bertz CT molecular complexity index is 441. The van der Waals surface area contributed by atoms with E-state index in [4.69, 9.17) is 9.47 Å². The van der Waals surface area contributed by atoms with Crippen molar-refractivity contribution in [3.05, 3.63) is 0 Å². The van der Waals surface area contributed by atoms with Gasteiger partial charge in [0, 0.05) is 0 Å². The van der Waals surface area contributed by atoms with Crippen LogP contribution in [-0.2, 0) is 9.47 Å². The fourth-order valence-corrected chi connectivity index (χ4v) is 3.24. The lowest BCUT2D eigenvalue weighted by molar-refractivity contribution is -0.418. The Morgan fingerprint density at radius 1 is 0.750 bits per heavy atom. The molecule has 2 fully saturated rings. The molecule has 24 heavy (non-hydrogen) atoms. The van der Waals surface area contributed by atoms with Gasteiger partial charge in [-0.1, -0.05) is 0 Å². The Morgan fingerprint density at radius 3 is 1.83 bits per heavy atom. The SMILES string of the molecule is OC[C@H]1O[C@H](O)[C@H](O)[C@@H](O)[C@]1(O)[C@]1(CO)O[C@H](O)[C@H](O)[C@@H](O)[C@@H]1O. The lowest BCUT2D eigenvalue weighted by atomic mass is 9.66. The van der Waals surface area contributed by atoms with E-state index in [-0.39, 0.29) is 0 Å². The van der Waals surface area contributed by atoms with Crippen molar-refractivity contribution in [2.75, 3.05) is 13.2 Å². The van der Waals surface area contributed by atoms with Gasteiger partial charge in [-0.05, 0) is 0 Å². The van der Waals surface area contributed by atoms with Gasteiger partial charge in [0.25, 0.3) is 0 Å². The van der Waals surface area contributed by atoms with Crippen LogP contribution in [0.4, 0.5) is 0 Å². The average Bonchev–Trinajstić information content (AvgIpc) is 2.57. The van der Waals surface area contributed by atoms with Crippen LogP contribution in [0.15, 0.2) is 0 Å². The van der Waals surface area contributed by atoms with Crippen LogP contribution in [0.3, 0.4) is 0 Å². The predicted octanol–water partition coefficient (Wildman–Crippen LogP) is -6.69. The summed E-state index contributed by atoms with van der Waals surface area (Å²) in [6, 6.07) is 0. The van der Waals surface area contributed by atoms with Crippen molar-refractivity contribution in [1.82, 2.24) is 0 Å². The van der Waals surface area contributed by atoms with E-state index in [2.05, 4.69) is 0 Å². The van der Waals surface area contributed by atoms with Crippen LogP contribution in [0.1, 0.15) is 0 Å². The zero-order chi connectivity index (χ0) is 18.4. The summed E-state index contributed by atoms with van der Waals surface area (Å²) in [5.41, 5.74) is -5.77. The van der Waals surface area contributed by atoms with Crippen LogP contribution in [0.25, 0.3) is 0 Å². The van der Waals surface area contributed by atoms with Gasteiger partial charge in [-0.25, -0.2) is 0 Å². The van der Waals surface area contributed by atoms with Crippen LogP contribution >= 0.6 is 0 Å². The third-order valence-corrected chi connectivity index (χ3v) is 4.71. The highest BCUT2D eigenvalue weighted by molar-refractivity contribution is 5.19. The van der Waals surface area contributed by atoms with Gasteiger partial charge < -0.3 is 60.5 Å². The molecule has 0 saturated carbocycles. The molecule has 0 unspecified atom stereocenters. The maximum Gasteiger partial charge on any atom is 0.184 e. The molecular weight excluding hydrogens is 336 g/mol. The first-order valence-electron chi connectivity index (χ1n) is 7.12. The molecule has 0 amide bonds. The maximum atomic E-state index is 10.9. The lowest BCUT2D eigenvalue weighted by Gasteiger charge is -2.59.